The van der Waals surface area contributed by atoms with Gasteiger partial charge in [-0.1, -0.05) is 20.8 Å². The van der Waals surface area contributed by atoms with E-state index in [4.69, 9.17) is 4.74 Å². The van der Waals surface area contributed by atoms with Gasteiger partial charge in [-0.25, -0.2) is 0 Å². The highest BCUT2D eigenvalue weighted by Crippen LogP contribution is 2.39. The number of piperidine rings is 1. The number of hydrogen-bond acceptors (Lipinski definition) is 3. The molecule has 0 aromatic carbocycles. The highest BCUT2D eigenvalue weighted by molar-refractivity contribution is 5.70. The van der Waals surface area contributed by atoms with Crippen molar-refractivity contribution in [3.8, 4) is 0 Å². The Hall–Kier alpha value is -0.570. The molecule has 3 atom stereocenters. The Morgan fingerprint density at radius 3 is 2.79 bits per heavy atom. The van der Waals surface area contributed by atoms with Gasteiger partial charge in [-0.3, -0.25) is 4.79 Å². The molecule has 0 bridgehead atoms. The van der Waals surface area contributed by atoms with Crippen LogP contribution in [0.5, 0.6) is 0 Å². The van der Waals surface area contributed by atoms with Crippen LogP contribution < -0.4 is 5.32 Å². The third-order valence-electron chi connectivity index (χ3n) is 4.50. The zero-order chi connectivity index (χ0) is 13.9. The average Bonchev–Trinajstić information content (AvgIpc) is 2.26. The van der Waals surface area contributed by atoms with Gasteiger partial charge >= 0.3 is 5.97 Å². The lowest BCUT2D eigenvalue weighted by Crippen LogP contribution is -2.35. The Balaban J connectivity index is 1.78. The van der Waals surface area contributed by atoms with E-state index < -0.39 is 0 Å². The van der Waals surface area contributed by atoms with Crippen molar-refractivity contribution in [3.63, 3.8) is 0 Å². The van der Waals surface area contributed by atoms with Crippen molar-refractivity contribution in [1.82, 2.24) is 5.32 Å². The molecule has 1 aliphatic carbocycles. The molecule has 110 valence electrons. The summed E-state index contributed by atoms with van der Waals surface area (Å²) in [5, 5.41) is 3.36. The molecule has 2 aliphatic rings. The van der Waals surface area contributed by atoms with Crippen LogP contribution in [0.2, 0.25) is 0 Å². The van der Waals surface area contributed by atoms with Gasteiger partial charge in [0.05, 0.1) is 0 Å². The minimum absolute atomic E-state index is 0.0172. The molecule has 1 N–H and O–H groups in total. The largest absolute Gasteiger partial charge is 0.462 e. The van der Waals surface area contributed by atoms with Gasteiger partial charge in [0.15, 0.2) is 0 Å². The molecular weight excluding hydrogens is 238 g/mol. The van der Waals surface area contributed by atoms with Gasteiger partial charge < -0.3 is 10.1 Å². The molecule has 0 amide bonds. The molecule has 19 heavy (non-hydrogen) atoms. The maximum absolute atomic E-state index is 12.0. The predicted molar refractivity (Wildman–Crippen MR) is 76.9 cm³/mol. The molecule has 1 aliphatic heterocycles. The number of rotatable bonds is 3. The standard InChI is InChI=1S/C16H29NO2/c1-12-7-14(10-16(2,3)9-12)19-15(18)8-13-5-4-6-17-11-13/h12-14,17H,4-11H2,1-3H3. The fraction of sp³-hybridized carbons (Fsp3) is 0.938. The molecule has 3 nitrogen and oxygen atoms in total. The normalized spacial score (nSPS) is 34.8. The average molecular weight is 267 g/mol. The first-order valence-corrected chi connectivity index (χ1v) is 7.85. The summed E-state index contributed by atoms with van der Waals surface area (Å²) < 4.78 is 5.73. The number of carbonyl (C=O) groups is 1. The number of ether oxygens (including phenoxy) is 1. The first kappa shape index (κ1) is 14.8. The van der Waals surface area contributed by atoms with Crippen LogP contribution in [0.1, 0.15) is 59.3 Å². The highest BCUT2D eigenvalue weighted by Gasteiger charge is 2.34. The second-order valence-corrected chi connectivity index (χ2v) is 7.44. The molecule has 3 unspecified atom stereocenters. The highest BCUT2D eigenvalue weighted by atomic mass is 16.5. The van der Waals surface area contributed by atoms with Crippen molar-refractivity contribution in [1.29, 1.82) is 0 Å². The molecular formula is C16H29NO2. The van der Waals surface area contributed by atoms with Crippen LogP contribution in [-0.4, -0.2) is 25.2 Å². The Kier molecular flexibility index (Phi) is 4.88. The molecule has 0 aromatic heterocycles. The summed E-state index contributed by atoms with van der Waals surface area (Å²) in [5.41, 5.74) is 0.314. The quantitative estimate of drug-likeness (QED) is 0.798. The van der Waals surface area contributed by atoms with E-state index in [9.17, 15) is 4.79 Å². The van der Waals surface area contributed by atoms with Crippen molar-refractivity contribution < 1.29 is 9.53 Å². The van der Waals surface area contributed by atoms with Gasteiger partial charge in [0, 0.05) is 6.42 Å². The van der Waals surface area contributed by atoms with Crippen LogP contribution in [0.15, 0.2) is 0 Å². The lowest BCUT2D eigenvalue weighted by Gasteiger charge is -2.38. The van der Waals surface area contributed by atoms with Crippen molar-refractivity contribution in [2.75, 3.05) is 13.1 Å². The molecule has 0 aromatic rings. The molecule has 3 heteroatoms. The van der Waals surface area contributed by atoms with Crippen molar-refractivity contribution in [3.05, 3.63) is 0 Å². The van der Waals surface area contributed by atoms with Crippen LogP contribution in [-0.2, 0) is 9.53 Å². The van der Waals surface area contributed by atoms with Gasteiger partial charge in [-0.05, 0) is 62.4 Å². The van der Waals surface area contributed by atoms with Gasteiger partial charge in [-0.2, -0.15) is 0 Å². The summed E-state index contributed by atoms with van der Waals surface area (Å²) >= 11 is 0. The summed E-state index contributed by atoms with van der Waals surface area (Å²) in [4.78, 5) is 12.0. The van der Waals surface area contributed by atoms with Gasteiger partial charge in [0.25, 0.3) is 0 Å². The summed E-state index contributed by atoms with van der Waals surface area (Å²) in [7, 11) is 0. The molecule has 2 fully saturated rings. The molecule has 0 radical (unpaired) electrons. The second-order valence-electron chi connectivity index (χ2n) is 7.44. The van der Waals surface area contributed by atoms with E-state index in [1.54, 1.807) is 0 Å². The Morgan fingerprint density at radius 2 is 2.16 bits per heavy atom. The fourth-order valence-electron chi connectivity index (χ4n) is 3.92. The van der Waals surface area contributed by atoms with E-state index in [-0.39, 0.29) is 12.1 Å². The predicted octanol–water partition coefficient (Wildman–Crippen LogP) is 3.13. The Labute approximate surface area is 117 Å². The minimum atomic E-state index is 0.0172. The number of esters is 1. The molecule has 2 rings (SSSR count). The molecule has 1 heterocycles. The molecule has 0 spiro atoms. The summed E-state index contributed by atoms with van der Waals surface area (Å²) in [5.74, 6) is 1.16. The maximum Gasteiger partial charge on any atom is 0.306 e. The van der Waals surface area contributed by atoms with E-state index in [1.807, 2.05) is 0 Å². The van der Waals surface area contributed by atoms with E-state index in [0.29, 0.717) is 23.7 Å². The van der Waals surface area contributed by atoms with Gasteiger partial charge in [0.2, 0.25) is 0 Å². The summed E-state index contributed by atoms with van der Waals surface area (Å²) in [6.45, 7) is 8.91. The zero-order valence-corrected chi connectivity index (χ0v) is 12.7. The Morgan fingerprint density at radius 1 is 1.37 bits per heavy atom. The maximum atomic E-state index is 12.0. The number of carbonyl (C=O) groups excluding carboxylic acids is 1. The van der Waals surface area contributed by atoms with Crippen LogP contribution in [0.4, 0.5) is 0 Å². The monoisotopic (exact) mass is 267 g/mol. The lowest BCUT2D eigenvalue weighted by molar-refractivity contribution is -0.154. The van der Waals surface area contributed by atoms with Crippen molar-refractivity contribution >= 4 is 5.97 Å². The van der Waals surface area contributed by atoms with Gasteiger partial charge in [-0.15, -0.1) is 0 Å². The van der Waals surface area contributed by atoms with E-state index in [2.05, 4.69) is 26.1 Å². The number of hydrogen-bond donors (Lipinski definition) is 1. The van der Waals surface area contributed by atoms with Crippen molar-refractivity contribution in [2.45, 2.75) is 65.4 Å². The smallest absolute Gasteiger partial charge is 0.306 e. The van der Waals surface area contributed by atoms with Gasteiger partial charge in [0.1, 0.15) is 6.10 Å². The minimum Gasteiger partial charge on any atom is -0.462 e. The molecule has 1 saturated carbocycles. The summed E-state index contributed by atoms with van der Waals surface area (Å²) in [6, 6.07) is 0. The fourth-order valence-corrected chi connectivity index (χ4v) is 3.92. The first-order chi connectivity index (χ1) is 8.94. The van der Waals surface area contributed by atoms with Crippen molar-refractivity contribution in [2.24, 2.45) is 17.3 Å². The van der Waals surface area contributed by atoms with Crippen LogP contribution in [0.3, 0.4) is 0 Å². The second kappa shape index (κ2) is 6.25. The zero-order valence-electron chi connectivity index (χ0n) is 12.7. The van der Waals surface area contributed by atoms with E-state index in [0.717, 1.165) is 32.4 Å². The third kappa shape index (κ3) is 4.79. The number of nitrogens with one attached hydrogen (secondary N) is 1. The summed E-state index contributed by atoms with van der Waals surface area (Å²) in [6.07, 6.45) is 6.39. The van der Waals surface area contributed by atoms with Crippen LogP contribution >= 0.6 is 0 Å². The SMILES string of the molecule is CC1CC(OC(=O)CC2CCCNC2)CC(C)(C)C1. The van der Waals surface area contributed by atoms with E-state index in [1.165, 1.54) is 12.8 Å². The topological polar surface area (TPSA) is 38.3 Å². The molecule has 1 saturated heterocycles. The van der Waals surface area contributed by atoms with Crippen LogP contribution in [0, 0.1) is 17.3 Å². The Bertz CT molecular complexity index is 308. The van der Waals surface area contributed by atoms with Crippen LogP contribution in [0.25, 0.3) is 0 Å². The van der Waals surface area contributed by atoms with E-state index >= 15 is 0 Å². The third-order valence-corrected chi connectivity index (χ3v) is 4.50. The lowest BCUT2D eigenvalue weighted by atomic mass is 9.71. The first-order valence-electron chi connectivity index (χ1n) is 7.85.